The highest BCUT2D eigenvalue weighted by atomic mass is 19.3. The number of unbranched alkanes of at least 4 members (excludes halogenated alkanes) is 2. The minimum atomic E-state index is -2.34. The summed E-state index contributed by atoms with van der Waals surface area (Å²) in [5.41, 5.74) is 0. The van der Waals surface area contributed by atoms with Gasteiger partial charge in [0.15, 0.2) is 0 Å². The van der Waals surface area contributed by atoms with Gasteiger partial charge in [0.05, 0.1) is 0 Å². The van der Waals surface area contributed by atoms with E-state index in [0.29, 0.717) is 6.42 Å². The van der Waals surface area contributed by atoms with Gasteiger partial charge in [-0.2, -0.15) is 13.2 Å². The molecule has 62 valence electrons. The third kappa shape index (κ3) is 5.53. The van der Waals surface area contributed by atoms with Crippen molar-refractivity contribution >= 4 is 0 Å². The van der Waals surface area contributed by atoms with Gasteiger partial charge in [0, 0.05) is 6.42 Å². The predicted molar refractivity (Wildman–Crippen MR) is 37.7 cm³/mol. The maximum Gasteiger partial charge on any atom is 0.314 e. The van der Waals surface area contributed by atoms with Gasteiger partial charge in [-0.1, -0.05) is 19.3 Å². The zero-order valence-electron chi connectivity index (χ0n) is 6.26. The maximum absolute atomic E-state index is 11.9. The highest BCUT2D eigenvalue weighted by Crippen LogP contribution is 2.07. The smallest absolute Gasteiger partial charge is 0.191 e. The summed E-state index contributed by atoms with van der Waals surface area (Å²) >= 11 is 0. The average Bonchev–Trinajstić information content (AvgIpc) is 1.97. The van der Waals surface area contributed by atoms with Crippen LogP contribution in [0.2, 0.25) is 0 Å². The van der Waals surface area contributed by atoms with Crippen molar-refractivity contribution in [2.45, 2.75) is 26.2 Å². The van der Waals surface area contributed by atoms with E-state index >= 15 is 0 Å². The van der Waals surface area contributed by atoms with Crippen LogP contribution in [0.3, 0.4) is 0 Å². The van der Waals surface area contributed by atoms with Gasteiger partial charge >= 0.3 is 6.08 Å². The monoisotopic (exact) mass is 162 g/mol. The average molecular weight is 162 g/mol. The third-order valence-electron chi connectivity index (χ3n) is 1.02. The summed E-state index contributed by atoms with van der Waals surface area (Å²) < 4.78 is 34.6. The molecule has 0 unspecified atom stereocenters. The summed E-state index contributed by atoms with van der Waals surface area (Å²) in [4.78, 5) is 0. The first-order chi connectivity index (χ1) is 5.18. The van der Waals surface area contributed by atoms with Crippen molar-refractivity contribution in [1.29, 1.82) is 0 Å². The van der Waals surface area contributed by atoms with Crippen LogP contribution in [-0.2, 0) is 0 Å². The van der Waals surface area contributed by atoms with Crippen molar-refractivity contribution in [2.75, 3.05) is 0 Å². The minimum absolute atomic E-state index is 0.469. The van der Waals surface area contributed by atoms with Crippen molar-refractivity contribution in [3.8, 4) is 11.8 Å². The van der Waals surface area contributed by atoms with Crippen LogP contribution in [0.1, 0.15) is 26.2 Å². The molecular weight excluding hydrogens is 153 g/mol. The highest BCUT2D eigenvalue weighted by Gasteiger charge is 1.97. The second kappa shape index (κ2) is 5.84. The van der Waals surface area contributed by atoms with E-state index in [1.54, 1.807) is 5.92 Å². The molecule has 0 saturated carbocycles. The quantitative estimate of drug-likeness (QED) is 0.432. The van der Waals surface area contributed by atoms with Crippen molar-refractivity contribution in [3.05, 3.63) is 11.9 Å². The molecule has 0 radical (unpaired) electrons. The zero-order valence-corrected chi connectivity index (χ0v) is 6.26. The fraction of sp³-hybridized carbons (Fsp3) is 0.500. The molecule has 0 amide bonds. The molecule has 0 nitrogen and oxygen atoms in total. The van der Waals surface area contributed by atoms with Gasteiger partial charge in [-0.3, -0.25) is 0 Å². The van der Waals surface area contributed by atoms with Crippen LogP contribution in [0.25, 0.3) is 0 Å². The molecule has 0 atom stereocenters. The van der Waals surface area contributed by atoms with Gasteiger partial charge in [0.1, 0.15) is 0 Å². The molecule has 0 heterocycles. The fourth-order valence-corrected chi connectivity index (χ4v) is 0.453. The topological polar surface area (TPSA) is 0 Å². The molecule has 0 fully saturated rings. The minimum Gasteiger partial charge on any atom is -0.191 e. The standard InChI is InChI=1S/C8H9F3/c1-2-3-4-5-6-7(9)8(10)11/h2-4H2,1H3. The Morgan fingerprint density at radius 2 is 1.91 bits per heavy atom. The molecule has 11 heavy (non-hydrogen) atoms. The summed E-state index contributed by atoms with van der Waals surface area (Å²) in [6.45, 7) is 1.95. The Balaban J connectivity index is 3.79. The number of rotatable bonds is 2. The lowest BCUT2D eigenvalue weighted by atomic mass is 10.2. The van der Waals surface area contributed by atoms with Crippen molar-refractivity contribution in [1.82, 2.24) is 0 Å². The Morgan fingerprint density at radius 3 is 2.36 bits per heavy atom. The van der Waals surface area contributed by atoms with E-state index in [9.17, 15) is 13.2 Å². The molecule has 0 spiro atoms. The first kappa shape index (κ1) is 10.1. The zero-order chi connectivity index (χ0) is 8.69. The van der Waals surface area contributed by atoms with Gasteiger partial charge in [-0.25, -0.2) is 0 Å². The number of halogens is 3. The normalized spacial score (nSPS) is 8.36. The number of hydrogen-bond acceptors (Lipinski definition) is 0. The summed E-state index contributed by atoms with van der Waals surface area (Å²) in [7, 11) is 0. The molecule has 0 aliphatic rings. The second-order valence-electron chi connectivity index (χ2n) is 1.98. The van der Waals surface area contributed by atoms with E-state index in [4.69, 9.17) is 0 Å². The van der Waals surface area contributed by atoms with E-state index < -0.39 is 11.9 Å². The first-order valence-corrected chi connectivity index (χ1v) is 3.38. The summed E-state index contributed by atoms with van der Waals surface area (Å²) in [5.74, 6) is 2.42. The van der Waals surface area contributed by atoms with E-state index in [1.807, 2.05) is 6.92 Å². The van der Waals surface area contributed by atoms with E-state index in [1.165, 1.54) is 0 Å². The molecule has 0 aromatic rings. The molecule has 0 saturated heterocycles. The molecule has 0 bridgehead atoms. The molecule has 0 aliphatic carbocycles. The first-order valence-electron chi connectivity index (χ1n) is 3.38. The molecule has 3 heteroatoms. The Labute approximate surface area is 64.1 Å². The summed E-state index contributed by atoms with van der Waals surface area (Å²) in [5, 5.41) is 0. The maximum atomic E-state index is 11.9. The highest BCUT2D eigenvalue weighted by molar-refractivity contribution is 5.22. The fourth-order valence-electron chi connectivity index (χ4n) is 0.453. The lowest BCUT2D eigenvalue weighted by molar-refractivity contribution is 0.389. The van der Waals surface area contributed by atoms with Gasteiger partial charge in [0.25, 0.3) is 0 Å². The lowest BCUT2D eigenvalue weighted by Gasteiger charge is -1.83. The molecule has 0 N–H and O–H groups in total. The van der Waals surface area contributed by atoms with E-state index in [0.717, 1.165) is 12.8 Å². The largest absolute Gasteiger partial charge is 0.314 e. The SMILES string of the molecule is CCCCC#CC(F)=C(F)F. The van der Waals surface area contributed by atoms with Gasteiger partial charge in [-0.05, 0) is 12.3 Å². The Morgan fingerprint density at radius 1 is 1.27 bits per heavy atom. The van der Waals surface area contributed by atoms with Crippen molar-refractivity contribution in [2.24, 2.45) is 0 Å². The number of hydrogen-bond donors (Lipinski definition) is 0. The van der Waals surface area contributed by atoms with Gasteiger partial charge in [-0.15, -0.1) is 0 Å². The molecular formula is C8H9F3. The van der Waals surface area contributed by atoms with Crippen LogP contribution in [0.15, 0.2) is 11.9 Å². The van der Waals surface area contributed by atoms with Crippen molar-refractivity contribution < 1.29 is 13.2 Å². The van der Waals surface area contributed by atoms with Crippen LogP contribution in [-0.4, -0.2) is 0 Å². The van der Waals surface area contributed by atoms with Crippen LogP contribution in [0.5, 0.6) is 0 Å². The van der Waals surface area contributed by atoms with Crippen LogP contribution < -0.4 is 0 Å². The second-order valence-corrected chi connectivity index (χ2v) is 1.98. The Kier molecular flexibility index (Phi) is 5.36. The van der Waals surface area contributed by atoms with Crippen LogP contribution >= 0.6 is 0 Å². The Hall–Kier alpha value is -0.910. The molecule has 0 aliphatic heterocycles. The predicted octanol–water partition coefficient (Wildman–Crippen LogP) is 3.26. The molecule has 0 rings (SSSR count). The number of allylic oxidation sites excluding steroid dienone is 1. The van der Waals surface area contributed by atoms with Crippen LogP contribution in [0.4, 0.5) is 13.2 Å². The van der Waals surface area contributed by atoms with E-state index in [2.05, 4.69) is 5.92 Å². The van der Waals surface area contributed by atoms with Crippen molar-refractivity contribution in [3.63, 3.8) is 0 Å². The van der Waals surface area contributed by atoms with Gasteiger partial charge in [0.2, 0.25) is 5.83 Å². The summed E-state index contributed by atoms with van der Waals surface area (Å²) in [6.07, 6.45) is -0.127. The molecule has 0 aromatic carbocycles. The van der Waals surface area contributed by atoms with Crippen LogP contribution in [0, 0.1) is 11.8 Å². The van der Waals surface area contributed by atoms with E-state index in [-0.39, 0.29) is 0 Å². The third-order valence-corrected chi connectivity index (χ3v) is 1.02. The lowest BCUT2D eigenvalue weighted by Crippen LogP contribution is -1.70. The Bertz CT molecular complexity index is 191. The summed E-state index contributed by atoms with van der Waals surface area (Å²) in [6, 6.07) is 0. The van der Waals surface area contributed by atoms with Gasteiger partial charge < -0.3 is 0 Å². The molecule has 0 aromatic heterocycles.